The molecule has 2 aromatic carbocycles. The van der Waals surface area contributed by atoms with E-state index in [9.17, 15) is 0 Å². The molecule has 0 atom stereocenters. The van der Waals surface area contributed by atoms with Gasteiger partial charge in [0.25, 0.3) is 0 Å². The Balaban J connectivity index is 1.25. The number of hydrogen-bond acceptors (Lipinski definition) is 6. The number of H-pyrrole nitrogens is 2. The van der Waals surface area contributed by atoms with Crippen LogP contribution in [0.15, 0.2) is 84.5 Å². The Morgan fingerprint density at radius 2 is 1.03 bits per heavy atom. The average Bonchev–Trinajstić information content (AvgIpc) is 3.57. The zero-order valence-electron chi connectivity index (χ0n) is 21.4. The van der Waals surface area contributed by atoms with Crippen LogP contribution in [0.2, 0.25) is 0 Å². The highest BCUT2D eigenvalue weighted by atomic mass is 14.9. The summed E-state index contributed by atoms with van der Waals surface area (Å²) in [6.07, 6.45) is 10.5. The Morgan fingerprint density at radius 1 is 0.605 bits per heavy atom. The number of nitrogens with one attached hydrogen (secondary N) is 2. The molecule has 0 aliphatic rings. The third-order valence-corrected chi connectivity index (χ3v) is 6.83. The van der Waals surface area contributed by atoms with Gasteiger partial charge >= 0.3 is 0 Å². The molecule has 0 fully saturated rings. The van der Waals surface area contributed by atoms with E-state index in [-0.39, 0.29) is 0 Å². The molecule has 0 spiro atoms. The summed E-state index contributed by atoms with van der Waals surface area (Å²) in [5.41, 5.74) is 8.58. The molecular formula is C30H28N8. The average molecular weight is 501 g/mol. The number of aromatic amines is 2. The van der Waals surface area contributed by atoms with Gasteiger partial charge in [-0.05, 0) is 61.4 Å². The second-order valence-corrected chi connectivity index (χ2v) is 9.24. The Labute approximate surface area is 220 Å². The number of fused-ring (bicyclic) bond motifs is 2. The highest BCUT2D eigenvalue weighted by Gasteiger charge is 2.13. The third-order valence-electron chi connectivity index (χ3n) is 6.83. The Morgan fingerprint density at radius 3 is 1.42 bits per heavy atom. The van der Waals surface area contributed by atoms with Crippen molar-refractivity contribution in [1.82, 2.24) is 39.9 Å². The van der Waals surface area contributed by atoms with E-state index in [1.54, 1.807) is 24.8 Å². The van der Waals surface area contributed by atoms with Gasteiger partial charge in [0.2, 0.25) is 0 Å². The zero-order chi connectivity index (χ0) is 25.9. The molecule has 0 aliphatic heterocycles. The van der Waals surface area contributed by atoms with Crippen molar-refractivity contribution in [2.75, 3.05) is 0 Å². The molecule has 2 N–H and O–H groups in total. The SMILES string of the molecule is CCC(Cc1nc2cc(-c3ncccn3)ccc2[nH]1)=C(CC)Cc1nc2cc(-c3ncccn3)ccc2[nH]1. The van der Waals surface area contributed by atoms with Gasteiger partial charge in [0.15, 0.2) is 11.6 Å². The second-order valence-electron chi connectivity index (χ2n) is 9.24. The van der Waals surface area contributed by atoms with Gasteiger partial charge in [-0.1, -0.05) is 25.0 Å². The first-order valence-electron chi connectivity index (χ1n) is 12.9. The molecule has 0 saturated carbocycles. The normalized spacial score (nSPS) is 12.3. The fourth-order valence-electron chi connectivity index (χ4n) is 4.86. The van der Waals surface area contributed by atoms with Gasteiger partial charge in [0.1, 0.15) is 11.6 Å². The molecule has 4 heterocycles. The number of benzene rings is 2. The van der Waals surface area contributed by atoms with E-state index in [0.29, 0.717) is 11.6 Å². The standard InChI is InChI=1S/C30H28N8/c1-3-19(17-27-35-23-9-7-21(15-25(23)37-27)29-31-11-5-12-32-29)20(4-2)18-28-36-24-10-8-22(16-26(24)38-28)30-33-13-6-14-34-30/h5-16H,3-4,17-18H2,1-2H3,(H,35,37)(H,36,38). The number of allylic oxidation sites excluding steroid dienone is 2. The van der Waals surface area contributed by atoms with Crippen LogP contribution in [-0.2, 0) is 12.8 Å². The van der Waals surface area contributed by atoms with Crippen LogP contribution in [0.1, 0.15) is 38.3 Å². The molecule has 38 heavy (non-hydrogen) atoms. The Kier molecular flexibility index (Phi) is 6.44. The summed E-state index contributed by atoms with van der Waals surface area (Å²) in [4.78, 5) is 34.3. The van der Waals surface area contributed by atoms with Gasteiger partial charge in [-0.2, -0.15) is 0 Å². The monoisotopic (exact) mass is 500 g/mol. The minimum atomic E-state index is 0.704. The van der Waals surface area contributed by atoms with Crippen molar-refractivity contribution in [2.45, 2.75) is 39.5 Å². The topological polar surface area (TPSA) is 109 Å². The molecule has 0 saturated heterocycles. The van der Waals surface area contributed by atoms with Gasteiger partial charge in [-0.15, -0.1) is 0 Å². The molecule has 8 nitrogen and oxygen atoms in total. The van der Waals surface area contributed by atoms with E-state index in [1.807, 2.05) is 36.4 Å². The van der Waals surface area contributed by atoms with Crippen LogP contribution in [0, 0.1) is 0 Å². The van der Waals surface area contributed by atoms with Crippen LogP contribution in [0.25, 0.3) is 44.8 Å². The van der Waals surface area contributed by atoms with E-state index >= 15 is 0 Å². The molecular weight excluding hydrogens is 472 g/mol. The highest BCUT2D eigenvalue weighted by molar-refractivity contribution is 5.81. The third kappa shape index (κ3) is 4.80. The van der Waals surface area contributed by atoms with Crippen molar-refractivity contribution < 1.29 is 0 Å². The van der Waals surface area contributed by atoms with Crippen molar-refractivity contribution in [3.05, 3.63) is 96.1 Å². The molecule has 0 amide bonds. The molecule has 188 valence electrons. The fraction of sp³-hybridized carbons (Fsp3) is 0.200. The quantitative estimate of drug-likeness (QED) is 0.239. The summed E-state index contributed by atoms with van der Waals surface area (Å²) < 4.78 is 0. The lowest BCUT2D eigenvalue weighted by Gasteiger charge is -2.11. The van der Waals surface area contributed by atoms with Crippen LogP contribution >= 0.6 is 0 Å². The van der Waals surface area contributed by atoms with Crippen LogP contribution in [0.5, 0.6) is 0 Å². The van der Waals surface area contributed by atoms with E-state index in [4.69, 9.17) is 9.97 Å². The van der Waals surface area contributed by atoms with E-state index in [0.717, 1.165) is 70.5 Å². The van der Waals surface area contributed by atoms with Crippen molar-refractivity contribution in [3.63, 3.8) is 0 Å². The Hall–Kier alpha value is -4.72. The maximum atomic E-state index is 4.90. The highest BCUT2D eigenvalue weighted by Crippen LogP contribution is 2.25. The second kappa shape index (κ2) is 10.3. The van der Waals surface area contributed by atoms with E-state index < -0.39 is 0 Å². The largest absolute Gasteiger partial charge is 0.342 e. The molecule has 6 rings (SSSR count). The van der Waals surface area contributed by atoms with Crippen molar-refractivity contribution in [2.24, 2.45) is 0 Å². The maximum Gasteiger partial charge on any atom is 0.159 e. The van der Waals surface area contributed by atoms with Crippen molar-refractivity contribution in [3.8, 4) is 22.8 Å². The lowest BCUT2D eigenvalue weighted by molar-refractivity contribution is 0.848. The van der Waals surface area contributed by atoms with E-state index in [2.05, 4.69) is 55.9 Å². The molecule has 0 bridgehead atoms. The predicted octanol–water partition coefficient (Wildman–Crippen LogP) is 6.26. The first-order valence-corrected chi connectivity index (χ1v) is 12.9. The summed E-state index contributed by atoms with van der Waals surface area (Å²) in [6, 6.07) is 15.9. The van der Waals surface area contributed by atoms with Crippen LogP contribution in [0.3, 0.4) is 0 Å². The van der Waals surface area contributed by atoms with Gasteiger partial charge in [-0.25, -0.2) is 29.9 Å². The summed E-state index contributed by atoms with van der Waals surface area (Å²) in [7, 11) is 0. The van der Waals surface area contributed by atoms with Gasteiger partial charge in [0.05, 0.1) is 22.1 Å². The zero-order valence-corrected chi connectivity index (χ0v) is 21.4. The number of imidazole rings is 2. The smallest absolute Gasteiger partial charge is 0.159 e. The summed E-state index contributed by atoms with van der Waals surface area (Å²) >= 11 is 0. The number of aromatic nitrogens is 8. The van der Waals surface area contributed by atoms with Crippen LogP contribution in [-0.4, -0.2) is 39.9 Å². The summed E-state index contributed by atoms with van der Waals surface area (Å²) in [5.74, 6) is 3.34. The van der Waals surface area contributed by atoms with Crippen molar-refractivity contribution in [1.29, 1.82) is 0 Å². The molecule has 4 aromatic heterocycles. The fourth-order valence-corrected chi connectivity index (χ4v) is 4.86. The molecule has 0 unspecified atom stereocenters. The molecule has 0 radical (unpaired) electrons. The number of rotatable bonds is 8. The number of nitrogens with zero attached hydrogens (tertiary/aromatic N) is 6. The number of hydrogen-bond donors (Lipinski definition) is 2. The van der Waals surface area contributed by atoms with Crippen molar-refractivity contribution >= 4 is 22.1 Å². The lowest BCUT2D eigenvalue weighted by Crippen LogP contribution is -2.01. The minimum Gasteiger partial charge on any atom is -0.342 e. The first kappa shape index (κ1) is 23.7. The molecule has 8 heteroatoms. The van der Waals surface area contributed by atoms with Crippen LogP contribution in [0.4, 0.5) is 0 Å². The first-order chi connectivity index (χ1) is 18.7. The predicted molar refractivity (Wildman–Crippen MR) is 149 cm³/mol. The van der Waals surface area contributed by atoms with Gasteiger partial charge in [-0.3, -0.25) is 0 Å². The molecule has 0 aliphatic carbocycles. The van der Waals surface area contributed by atoms with Gasteiger partial charge < -0.3 is 9.97 Å². The summed E-state index contributed by atoms with van der Waals surface area (Å²) in [6.45, 7) is 4.42. The molecule has 6 aromatic rings. The van der Waals surface area contributed by atoms with Crippen LogP contribution < -0.4 is 0 Å². The Bertz CT molecular complexity index is 1600. The van der Waals surface area contributed by atoms with Gasteiger partial charge in [0, 0.05) is 48.8 Å². The lowest BCUT2D eigenvalue weighted by atomic mass is 9.97. The van der Waals surface area contributed by atoms with E-state index in [1.165, 1.54) is 11.1 Å². The summed E-state index contributed by atoms with van der Waals surface area (Å²) in [5, 5.41) is 0. The maximum absolute atomic E-state index is 4.90. The minimum absolute atomic E-state index is 0.704.